The van der Waals surface area contributed by atoms with Crippen LogP contribution in [-0.4, -0.2) is 44.7 Å². The topological polar surface area (TPSA) is 108 Å². The monoisotopic (exact) mass is 366 g/mol. The summed E-state index contributed by atoms with van der Waals surface area (Å²) in [5, 5.41) is 2.56. The zero-order valence-corrected chi connectivity index (χ0v) is 14.7. The largest absolute Gasteiger partial charge is 0.454 e. The van der Waals surface area contributed by atoms with Crippen LogP contribution in [-0.2, 0) is 21.1 Å². The number of fused-ring (bicyclic) bond motifs is 1. The quantitative estimate of drug-likeness (QED) is 0.815. The number of rotatable bonds is 6. The van der Waals surface area contributed by atoms with E-state index >= 15 is 0 Å². The van der Waals surface area contributed by atoms with Gasteiger partial charge in [-0.1, -0.05) is 0 Å². The molecule has 2 heterocycles. The highest BCUT2D eigenvalue weighted by molar-refractivity contribution is 7.90. The predicted molar refractivity (Wildman–Crippen MR) is 89.2 cm³/mol. The molecule has 0 radical (unpaired) electrons. The van der Waals surface area contributed by atoms with E-state index in [0.717, 1.165) is 11.8 Å². The lowest BCUT2D eigenvalue weighted by Gasteiger charge is -2.02. The van der Waals surface area contributed by atoms with Crippen LogP contribution in [0.2, 0.25) is 0 Å². The van der Waals surface area contributed by atoms with Gasteiger partial charge in [-0.2, -0.15) is 0 Å². The molecule has 2 aromatic rings. The fraction of sp³-hybridized carbons (Fsp3) is 0.375. The number of hydrogen-bond donors (Lipinski definition) is 1. The van der Waals surface area contributed by atoms with Gasteiger partial charge in [0.2, 0.25) is 18.6 Å². The number of benzene rings is 1. The number of nitrogens with one attached hydrogen (secondary N) is 1. The van der Waals surface area contributed by atoms with E-state index in [0.29, 0.717) is 28.8 Å². The van der Waals surface area contributed by atoms with Gasteiger partial charge in [0.05, 0.1) is 17.9 Å². The highest BCUT2D eigenvalue weighted by Gasteiger charge is 2.18. The van der Waals surface area contributed by atoms with E-state index in [9.17, 15) is 13.2 Å². The zero-order chi connectivity index (χ0) is 18.0. The van der Waals surface area contributed by atoms with Gasteiger partial charge in [-0.25, -0.2) is 13.4 Å². The highest BCUT2D eigenvalue weighted by Crippen LogP contribution is 2.36. The van der Waals surface area contributed by atoms with E-state index in [2.05, 4.69) is 10.3 Å². The second-order valence-corrected chi connectivity index (χ2v) is 8.01. The van der Waals surface area contributed by atoms with Gasteiger partial charge < -0.3 is 19.2 Å². The highest BCUT2D eigenvalue weighted by atomic mass is 32.2. The molecule has 0 atom stereocenters. The molecule has 0 fully saturated rings. The SMILES string of the molecule is Cc1oc(-c2ccc3c(c2)OCO3)nc1CC(=O)NCCS(C)(=O)=O. The normalized spacial score (nSPS) is 13.0. The molecule has 0 aliphatic carbocycles. The first-order valence-electron chi connectivity index (χ1n) is 7.62. The molecular weight excluding hydrogens is 348 g/mol. The molecule has 134 valence electrons. The summed E-state index contributed by atoms with van der Waals surface area (Å²) < 4.78 is 38.4. The average molecular weight is 366 g/mol. The summed E-state index contributed by atoms with van der Waals surface area (Å²) in [5.41, 5.74) is 1.22. The summed E-state index contributed by atoms with van der Waals surface area (Å²) in [6, 6.07) is 5.34. The molecule has 8 nitrogen and oxygen atoms in total. The molecule has 0 spiro atoms. The van der Waals surface area contributed by atoms with Gasteiger partial charge in [-0.15, -0.1) is 0 Å². The minimum atomic E-state index is -3.11. The first kappa shape index (κ1) is 17.3. The van der Waals surface area contributed by atoms with Crippen molar-refractivity contribution in [3.05, 3.63) is 29.7 Å². The predicted octanol–water partition coefficient (Wildman–Crippen LogP) is 1.08. The Morgan fingerprint density at radius 3 is 2.80 bits per heavy atom. The van der Waals surface area contributed by atoms with Crippen LogP contribution < -0.4 is 14.8 Å². The Kier molecular flexibility index (Phi) is 4.67. The number of carbonyl (C=O) groups is 1. The van der Waals surface area contributed by atoms with E-state index in [-0.39, 0.29) is 31.4 Å². The zero-order valence-electron chi connectivity index (χ0n) is 13.9. The second kappa shape index (κ2) is 6.75. The standard InChI is InChI=1S/C16H18N2O6S/c1-10-12(8-15(19)17-5-6-25(2,20)21)18-16(24-10)11-3-4-13-14(7-11)23-9-22-13/h3-4,7H,5-6,8-9H2,1-2H3,(H,17,19). The van der Waals surface area contributed by atoms with Crippen LogP contribution in [0.5, 0.6) is 11.5 Å². The number of aromatic nitrogens is 1. The van der Waals surface area contributed by atoms with Crippen LogP contribution in [0.3, 0.4) is 0 Å². The molecule has 0 saturated carbocycles. The Labute approximate surface area is 145 Å². The molecule has 1 aromatic heterocycles. The van der Waals surface area contributed by atoms with E-state index < -0.39 is 9.84 Å². The Hall–Kier alpha value is -2.55. The number of carbonyl (C=O) groups excluding carboxylic acids is 1. The molecule has 0 saturated heterocycles. The molecule has 1 aliphatic heterocycles. The van der Waals surface area contributed by atoms with Crippen molar-refractivity contribution < 1.29 is 27.1 Å². The van der Waals surface area contributed by atoms with Crippen molar-refractivity contribution in [2.75, 3.05) is 25.3 Å². The molecule has 0 unspecified atom stereocenters. The van der Waals surface area contributed by atoms with Crippen molar-refractivity contribution in [1.29, 1.82) is 0 Å². The van der Waals surface area contributed by atoms with E-state index in [1.165, 1.54) is 0 Å². The number of sulfone groups is 1. The first-order chi connectivity index (χ1) is 11.8. The van der Waals surface area contributed by atoms with Crippen molar-refractivity contribution in [1.82, 2.24) is 10.3 Å². The number of aryl methyl sites for hydroxylation is 1. The number of ether oxygens (including phenoxy) is 2. The number of nitrogens with zero attached hydrogens (tertiary/aromatic N) is 1. The molecule has 1 aliphatic rings. The fourth-order valence-corrected chi connectivity index (χ4v) is 2.81. The number of oxazole rings is 1. The molecule has 3 rings (SSSR count). The van der Waals surface area contributed by atoms with Gasteiger partial charge in [0.1, 0.15) is 15.6 Å². The molecule has 1 aromatic carbocycles. The fourth-order valence-electron chi connectivity index (χ4n) is 2.34. The Balaban J connectivity index is 1.67. The van der Waals surface area contributed by atoms with Crippen LogP contribution >= 0.6 is 0 Å². The van der Waals surface area contributed by atoms with Gasteiger partial charge in [0.15, 0.2) is 11.5 Å². The van der Waals surface area contributed by atoms with Crippen molar-refractivity contribution in [3.63, 3.8) is 0 Å². The van der Waals surface area contributed by atoms with Gasteiger partial charge >= 0.3 is 0 Å². The lowest BCUT2D eigenvalue weighted by atomic mass is 10.2. The summed E-state index contributed by atoms with van der Waals surface area (Å²) in [4.78, 5) is 16.3. The third-order valence-electron chi connectivity index (χ3n) is 3.64. The van der Waals surface area contributed by atoms with E-state index in [4.69, 9.17) is 13.9 Å². The van der Waals surface area contributed by atoms with Crippen molar-refractivity contribution in [2.45, 2.75) is 13.3 Å². The third-order valence-corrected chi connectivity index (χ3v) is 4.58. The van der Waals surface area contributed by atoms with Crippen molar-refractivity contribution in [2.24, 2.45) is 0 Å². The van der Waals surface area contributed by atoms with Crippen LogP contribution in [0.4, 0.5) is 0 Å². The first-order valence-corrected chi connectivity index (χ1v) is 9.68. The van der Waals surface area contributed by atoms with Crippen molar-refractivity contribution in [3.8, 4) is 23.0 Å². The third kappa shape index (κ3) is 4.30. The summed E-state index contributed by atoms with van der Waals surface area (Å²) in [6.45, 7) is 1.98. The van der Waals surface area contributed by atoms with E-state index in [1.807, 2.05) is 0 Å². The Morgan fingerprint density at radius 1 is 1.28 bits per heavy atom. The maximum Gasteiger partial charge on any atom is 0.231 e. The lowest BCUT2D eigenvalue weighted by Crippen LogP contribution is -2.30. The molecule has 25 heavy (non-hydrogen) atoms. The smallest absolute Gasteiger partial charge is 0.231 e. The van der Waals surface area contributed by atoms with Gasteiger partial charge in [0, 0.05) is 18.4 Å². The summed E-state index contributed by atoms with van der Waals surface area (Å²) >= 11 is 0. The summed E-state index contributed by atoms with van der Waals surface area (Å²) in [6.07, 6.45) is 1.14. The summed E-state index contributed by atoms with van der Waals surface area (Å²) in [5.74, 6) is 1.79. The Morgan fingerprint density at radius 2 is 2.04 bits per heavy atom. The minimum Gasteiger partial charge on any atom is -0.454 e. The second-order valence-electron chi connectivity index (χ2n) is 5.75. The number of hydrogen-bond acceptors (Lipinski definition) is 7. The Bertz CT molecular complexity index is 903. The molecule has 1 N–H and O–H groups in total. The lowest BCUT2D eigenvalue weighted by molar-refractivity contribution is -0.120. The van der Waals surface area contributed by atoms with Crippen LogP contribution in [0.25, 0.3) is 11.5 Å². The summed E-state index contributed by atoms with van der Waals surface area (Å²) in [7, 11) is -3.11. The van der Waals surface area contributed by atoms with E-state index in [1.54, 1.807) is 25.1 Å². The molecule has 9 heteroatoms. The van der Waals surface area contributed by atoms with Gasteiger partial charge in [-0.05, 0) is 25.1 Å². The van der Waals surface area contributed by atoms with Crippen LogP contribution in [0.15, 0.2) is 22.6 Å². The molecular formula is C16H18N2O6S. The number of amides is 1. The van der Waals surface area contributed by atoms with Crippen molar-refractivity contribution >= 4 is 15.7 Å². The van der Waals surface area contributed by atoms with Crippen LogP contribution in [0.1, 0.15) is 11.5 Å². The molecule has 1 amide bonds. The average Bonchev–Trinajstić information content (AvgIpc) is 3.12. The minimum absolute atomic E-state index is 0.0175. The van der Waals surface area contributed by atoms with Crippen LogP contribution in [0, 0.1) is 6.92 Å². The van der Waals surface area contributed by atoms with Gasteiger partial charge in [0.25, 0.3) is 0 Å². The maximum absolute atomic E-state index is 11.9. The van der Waals surface area contributed by atoms with Gasteiger partial charge in [-0.3, -0.25) is 4.79 Å². The molecule has 0 bridgehead atoms. The maximum atomic E-state index is 11.9.